The van der Waals surface area contributed by atoms with Gasteiger partial charge in [0.05, 0.1) is 11.9 Å². The Morgan fingerprint density at radius 1 is 1.33 bits per heavy atom. The standard InChI is InChI=1S/C8H8N4/c1-6-2-9-5-10-8(6)7-3-11-12-4-7/h2-5H,1H3,(H,11,12). The molecule has 0 saturated carbocycles. The largest absolute Gasteiger partial charge is 0.285 e. The molecule has 4 nitrogen and oxygen atoms in total. The van der Waals surface area contributed by atoms with Gasteiger partial charge in [0.2, 0.25) is 0 Å². The Balaban J connectivity index is 2.55. The van der Waals surface area contributed by atoms with Crippen LogP contribution in [0.3, 0.4) is 0 Å². The lowest BCUT2D eigenvalue weighted by Crippen LogP contribution is -1.87. The smallest absolute Gasteiger partial charge is 0.116 e. The van der Waals surface area contributed by atoms with Gasteiger partial charge >= 0.3 is 0 Å². The van der Waals surface area contributed by atoms with Crippen molar-refractivity contribution in [3.05, 3.63) is 30.5 Å². The number of hydrogen-bond donors (Lipinski definition) is 1. The highest BCUT2D eigenvalue weighted by Crippen LogP contribution is 2.16. The van der Waals surface area contributed by atoms with E-state index >= 15 is 0 Å². The van der Waals surface area contributed by atoms with E-state index in [1.165, 1.54) is 6.33 Å². The quantitative estimate of drug-likeness (QED) is 0.681. The predicted molar refractivity (Wildman–Crippen MR) is 44.4 cm³/mol. The molecule has 0 atom stereocenters. The van der Waals surface area contributed by atoms with Gasteiger partial charge in [-0.1, -0.05) is 0 Å². The van der Waals surface area contributed by atoms with Crippen LogP contribution < -0.4 is 0 Å². The molecule has 0 aliphatic carbocycles. The van der Waals surface area contributed by atoms with Gasteiger partial charge in [-0.15, -0.1) is 0 Å². The summed E-state index contributed by atoms with van der Waals surface area (Å²) in [7, 11) is 0. The number of nitrogens with one attached hydrogen (secondary N) is 1. The number of hydrogen-bond acceptors (Lipinski definition) is 3. The van der Waals surface area contributed by atoms with Gasteiger partial charge in [-0.3, -0.25) is 5.10 Å². The molecule has 0 aliphatic heterocycles. The minimum atomic E-state index is 0.929. The predicted octanol–water partition coefficient (Wildman–Crippen LogP) is 1.18. The Bertz CT molecular complexity index is 366. The summed E-state index contributed by atoms with van der Waals surface area (Å²) in [6.07, 6.45) is 6.88. The lowest BCUT2D eigenvalue weighted by molar-refractivity contribution is 1.09. The summed E-state index contributed by atoms with van der Waals surface area (Å²) in [5, 5.41) is 6.60. The number of H-pyrrole nitrogens is 1. The van der Waals surface area contributed by atoms with Crippen LogP contribution >= 0.6 is 0 Å². The molecule has 2 aromatic heterocycles. The van der Waals surface area contributed by atoms with Crippen LogP contribution in [0.1, 0.15) is 5.56 Å². The second kappa shape index (κ2) is 2.73. The summed E-state index contributed by atoms with van der Waals surface area (Å²) < 4.78 is 0. The molecule has 0 aromatic carbocycles. The van der Waals surface area contributed by atoms with E-state index < -0.39 is 0 Å². The summed E-state index contributed by atoms with van der Waals surface area (Å²) in [6.45, 7) is 1.97. The SMILES string of the molecule is Cc1cncnc1-c1cn[nH]c1. The van der Waals surface area contributed by atoms with Crippen molar-refractivity contribution in [3.8, 4) is 11.3 Å². The molecule has 0 saturated heterocycles. The third-order valence-corrected chi connectivity index (χ3v) is 1.67. The third-order valence-electron chi connectivity index (χ3n) is 1.67. The van der Waals surface area contributed by atoms with Crippen molar-refractivity contribution < 1.29 is 0 Å². The Morgan fingerprint density at radius 2 is 2.25 bits per heavy atom. The monoisotopic (exact) mass is 160 g/mol. The summed E-state index contributed by atoms with van der Waals surface area (Å²) in [4.78, 5) is 8.06. The first kappa shape index (κ1) is 6.97. The van der Waals surface area contributed by atoms with Crippen LogP contribution in [0.15, 0.2) is 24.9 Å². The number of nitrogens with zero attached hydrogens (tertiary/aromatic N) is 3. The van der Waals surface area contributed by atoms with Crippen LogP contribution in [0.25, 0.3) is 11.3 Å². The third kappa shape index (κ3) is 1.07. The first-order valence-corrected chi connectivity index (χ1v) is 3.63. The summed E-state index contributed by atoms with van der Waals surface area (Å²) in [6, 6.07) is 0. The number of aromatic amines is 1. The fourth-order valence-electron chi connectivity index (χ4n) is 1.08. The molecule has 0 amide bonds. The number of aromatic nitrogens is 4. The maximum absolute atomic E-state index is 4.15. The molecular weight excluding hydrogens is 152 g/mol. The van der Waals surface area contributed by atoms with Crippen molar-refractivity contribution >= 4 is 0 Å². The van der Waals surface area contributed by atoms with Crippen molar-refractivity contribution in [2.75, 3.05) is 0 Å². The normalized spacial score (nSPS) is 10.1. The first-order valence-electron chi connectivity index (χ1n) is 3.63. The molecule has 0 aliphatic rings. The van der Waals surface area contributed by atoms with Crippen LogP contribution in [0.5, 0.6) is 0 Å². The van der Waals surface area contributed by atoms with Crippen LogP contribution in [0.4, 0.5) is 0 Å². The molecule has 0 unspecified atom stereocenters. The van der Waals surface area contributed by atoms with E-state index in [0.29, 0.717) is 0 Å². The van der Waals surface area contributed by atoms with E-state index in [1.807, 2.05) is 13.1 Å². The van der Waals surface area contributed by atoms with Crippen LogP contribution in [-0.4, -0.2) is 20.2 Å². The number of rotatable bonds is 1. The van der Waals surface area contributed by atoms with Crippen molar-refractivity contribution in [1.82, 2.24) is 20.2 Å². The highest BCUT2D eigenvalue weighted by atomic mass is 15.1. The molecular formula is C8H8N4. The second-order valence-electron chi connectivity index (χ2n) is 2.54. The maximum Gasteiger partial charge on any atom is 0.116 e. The average molecular weight is 160 g/mol. The highest BCUT2D eigenvalue weighted by Gasteiger charge is 2.02. The highest BCUT2D eigenvalue weighted by molar-refractivity contribution is 5.59. The van der Waals surface area contributed by atoms with Crippen molar-refractivity contribution in [2.24, 2.45) is 0 Å². The Morgan fingerprint density at radius 3 is 2.92 bits per heavy atom. The van der Waals surface area contributed by atoms with Crippen molar-refractivity contribution in [3.63, 3.8) is 0 Å². The van der Waals surface area contributed by atoms with E-state index in [-0.39, 0.29) is 0 Å². The van der Waals surface area contributed by atoms with Crippen molar-refractivity contribution in [1.29, 1.82) is 0 Å². The van der Waals surface area contributed by atoms with Gasteiger partial charge in [-0.05, 0) is 12.5 Å². The van der Waals surface area contributed by atoms with Gasteiger partial charge in [-0.25, -0.2) is 9.97 Å². The van der Waals surface area contributed by atoms with E-state index in [4.69, 9.17) is 0 Å². The zero-order valence-electron chi connectivity index (χ0n) is 6.65. The Kier molecular flexibility index (Phi) is 1.59. The fraction of sp³-hybridized carbons (Fsp3) is 0.125. The van der Waals surface area contributed by atoms with Gasteiger partial charge in [0.15, 0.2) is 0 Å². The van der Waals surface area contributed by atoms with Gasteiger partial charge < -0.3 is 0 Å². The molecule has 0 spiro atoms. The van der Waals surface area contributed by atoms with Crippen LogP contribution in [0, 0.1) is 6.92 Å². The van der Waals surface area contributed by atoms with Gasteiger partial charge in [0, 0.05) is 18.0 Å². The minimum Gasteiger partial charge on any atom is -0.285 e. The van der Waals surface area contributed by atoms with E-state index in [9.17, 15) is 0 Å². The molecule has 0 bridgehead atoms. The molecule has 2 aromatic rings. The molecule has 60 valence electrons. The lowest BCUT2D eigenvalue weighted by atomic mass is 10.2. The lowest BCUT2D eigenvalue weighted by Gasteiger charge is -1.97. The molecule has 4 heteroatoms. The van der Waals surface area contributed by atoms with Crippen LogP contribution in [0.2, 0.25) is 0 Å². The second-order valence-corrected chi connectivity index (χ2v) is 2.54. The zero-order valence-corrected chi connectivity index (χ0v) is 6.65. The Hall–Kier alpha value is -1.71. The van der Waals surface area contributed by atoms with E-state index in [1.54, 1.807) is 12.4 Å². The Labute approximate surface area is 69.7 Å². The van der Waals surface area contributed by atoms with Gasteiger partial charge in [-0.2, -0.15) is 5.10 Å². The maximum atomic E-state index is 4.15. The topological polar surface area (TPSA) is 54.5 Å². The molecule has 12 heavy (non-hydrogen) atoms. The summed E-state index contributed by atoms with van der Waals surface area (Å²) in [5.41, 5.74) is 2.98. The van der Waals surface area contributed by atoms with Gasteiger partial charge in [0.25, 0.3) is 0 Å². The van der Waals surface area contributed by atoms with Crippen LogP contribution in [-0.2, 0) is 0 Å². The minimum absolute atomic E-state index is 0.929. The fourth-order valence-corrected chi connectivity index (χ4v) is 1.08. The molecule has 2 heterocycles. The first-order chi connectivity index (χ1) is 5.88. The molecule has 1 N–H and O–H groups in total. The number of aryl methyl sites for hydroxylation is 1. The summed E-state index contributed by atoms with van der Waals surface area (Å²) >= 11 is 0. The molecule has 2 rings (SSSR count). The summed E-state index contributed by atoms with van der Waals surface area (Å²) in [5.74, 6) is 0. The van der Waals surface area contributed by atoms with Gasteiger partial charge in [0.1, 0.15) is 6.33 Å². The zero-order chi connectivity index (χ0) is 8.39. The van der Waals surface area contributed by atoms with E-state index in [0.717, 1.165) is 16.8 Å². The molecule has 0 fully saturated rings. The molecule has 0 radical (unpaired) electrons. The van der Waals surface area contributed by atoms with E-state index in [2.05, 4.69) is 20.2 Å². The average Bonchev–Trinajstić information content (AvgIpc) is 2.57. The van der Waals surface area contributed by atoms with Crippen molar-refractivity contribution in [2.45, 2.75) is 6.92 Å².